The number of nitrogens with zero attached hydrogens (tertiary/aromatic N) is 2. The van der Waals surface area contributed by atoms with E-state index in [2.05, 4.69) is 20.6 Å². The molecule has 0 atom stereocenters. The summed E-state index contributed by atoms with van der Waals surface area (Å²) in [6.45, 7) is 5.78. The smallest absolute Gasteiger partial charge is 0.337 e. The number of aromatic nitrogens is 2. The largest absolute Gasteiger partial charge is 0.465 e. The van der Waals surface area contributed by atoms with Gasteiger partial charge in [0.15, 0.2) is 0 Å². The average molecular weight is 390 g/mol. The summed E-state index contributed by atoms with van der Waals surface area (Å²) in [5.74, 6) is 0.119. The summed E-state index contributed by atoms with van der Waals surface area (Å²) in [6, 6.07) is 14.1. The van der Waals surface area contributed by atoms with Crippen LogP contribution in [0.15, 0.2) is 48.5 Å². The minimum atomic E-state index is -0.473. The molecule has 0 bridgehead atoms. The highest BCUT2D eigenvalue weighted by atomic mass is 16.5. The van der Waals surface area contributed by atoms with Crippen LogP contribution in [-0.4, -0.2) is 29.0 Å². The summed E-state index contributed by atoms with van der Waals surface area (Å²) in [5, 5.41) is 6.00. The highest BCUT2D eigenvalue weighted by molar-refractivity contribution is 6.04. The summed E-state index contributed by atoms with van der Waals surface area (Å²) in [5.41, 5.74) is 4.22. The van der Waals surface area contributed by atoms with Crippen LogP contribution in [0.5, 0.6) is 0 Å². The molecule has 3 rings (SSSR count). The lowest BCUT2D eigenvalue weighted by Crippen LogP contribution is -2.16. The Balaban J connectivity index is 1.83. The van der Waals surface area contributed by atoms with Crippen molar-refractivity contribution in [3.8, 4) is 0 Å². The number of hydrogen-bond donors (Lipinski definition) is 2. The number of ether oxygens (including phenoxy) is 1. The molecule has 3 aromatic rings. The predicted molar refractivity (Wildman–Crippen MR) is 112 cm³/mol. The lowest BCUT2D eigenvalue weighted by Gasteiger charge is -2.12. The van der Waals surface area contributed by atoms with E-state index in [9.17, 15) is 9.59 Å². The van der Waals surface area contributed by atoms with Gasteiger partial charge in [-0.2, -0.15) is 0 Å². The third kappa shape index (κ3) is 4.76. The van der Waals surface area contributed by atoms with Crippen LogP contribution in [0.2, 0.25) is 0 Å². The zero-order valence-corrected chi connectivity index (χ0v) is 16.7. The summed E-state index contributed by atoms with van der Waals surface area (Å²) in [6.07, 6.45) is 0. The second-order valence-electron chi connectivity index (χ2n) is 6.58. The third-order valence-electron chi connectivity index (χ3n) is 4.48. The van der Waals surface area contributed by atoms with Crippen LogP contribution in [0.4, 0.5) is 17.2 Å². The van der Waals surface area contributed by atoms with E-state index in [1.807, 2.05) is 32.0 Å². The molecule has 0 spiro atoms. The molecular formula is C22H22N4O3. The van der Waals surface area contributed by atoms with E-state index >= 15 is 0 Å². The first-order chi connectivity index (χ1) is 13.9. The van der Waals surface area contributed by atoms with Crippen LogP contribution >= 0.6 is 0 Å². The Hall–Kier alpha value is -3.74. The van der Waals surface area contributed by atoms with Crippen LogP contribution in [0, 0.1) is 20.8 Å². The Labute approximate surface area is 169 Å². The van der Waals surface area contributed by atoms with Crippen molar-refractivity contribution >= 4 is 29.1 Å². The molecular weight excluding hydrogens is 368 g/mol. The Morgan fingerprint density at radius 3 is 2.48 bits per heavy atom. The quantitative estimate of drug-likeness (QED) is 0.635. The second kappa shape index (κ2) is 8.52. The van der Waals surface area contributed by atoms with Crippen LogP contribution in [0.25, 0.3) is 0 Å². The lowest BCUT2D eigenvalue weighted by molar-refractivity contribution is 0.0600. The number of aryl methyl sites for hydroxylation is 2. The number of anilines is 3. The van der Waals surface area contributed by atoms with Gasteiger partial charge in [-0.1, -0.05) is 18.2 Å². The number of amides is 1. The average Bonchev–Trinajstić information content (AvgIpc) is 2.70. The van der Waals surface area contributed by atoms with Gasteiger partial charge in [0.25, 0.3) is 5.91 Å². The second-order valence-corrected chi connectivity index (χ2v) is 6.58. The first kappa shape index (κ1) is 20.0. The van der Waals surface area contributed by atoms with Gasteiger partial charge in [-0.15, -0.1) is 0 Å². The highest BCUT2D eigenvalue weighted by Gasteiger charge is 2.13. The number of nitrogens with one attached hydrogen (secondary N) is 2. The number of rotatable bonds is 5. The fourth-order valence-electron chi connectivity index (χ4n) is 2.81. The Morgan fingerprint density at radius 2 is 1.72 bits per heavy atom. The number of hydrogen-bond acceptors (Lipinski definition) is 6. The van der Waals surface area contributed by atoms with Gasteiger partial charge in [0.1, 0.15) is 17.3 Å². The first-order valence-corrected chi connectivity index (χ1v) is 9.06. The SMILES string of the molecule is COC(=O)c1cccc(NC(=O)c2cc(Nc3cccc(C)c3C)nc(C)n2)c1. The predicted octanol–water partition coefficient (Wildman–Crippen LogP) is 4.18. The molecule has 1 amide bonds. The normalized spacial score (nSPS) is 10.3. The standard InChI is InChI=1S/C22H22N4O3/c1-13-7-5-10-18(14(13)2)26-20-12-19(23-15(3)24-20)21(27)25-17-9-6-8-16(11-17)22(28)29-4/h5-12H,1-4H3,(H,25,27)(H,23,24,26). The van der Waals surface area contributed by atoms with Gasteiger partial charge in [0.05, 0.1) is 12.7 Å². The molecule has 0 aliphatic carbocycles. The van der Waals surface area contributed by atoms with Gasteiger partial charge < -0.3 is 15.4 Å². The van der Waals surface area contributed by atoms with Crippen molar-refractivity contribution in [2.24, 2.45) is 0 Å². The summed E-state index contributed by atoms with van der Waals surface area (Å²) >= 11 is 0. The van der Waals surface area contributed by atoms with Gasteiger partial charge >= 0.3 is 5.97 Å². The molecule has 7 nitrogen and oxygen atoms in total. The first-order valence-electron chi connectivity index (χ1n) is 9.06. The van der Waals surface area contributed by atoms with E-state index < -0.39 is 11.9 Å². The zero-order chi connectivity index (χ0) is 21.0. The Morgan fingerprint density at radius 1 is 0.966 bits per heavy atom. The Kier molecular flexibility index (Phi) is 5.87. The minimum absolute atomic E-state index is 0.216. The summed E-state index contributed by atoms with van der Waals surface area (Å²) in [4.78, 5) is 33.0. The van der Waals surface area contributed by atoms with Gasteiger partial charge in [-0.05, 0) is 56.2 Å². The topological polar surface area (TPSA) is 93.2 Å². The molecule has 0 saturated heterocycles. The molecule has 0 aliphatic heterocycles. The molecule has 2 aromatic carbocycles. The molecule has 0 radical (unpaired) electrons. The van der Waals surface area contributed by atoms with Gasteiger partial charge in [0, 0.05) is 17.4 Å². The van der Waals surface area contributed by atoms with Crippen molar-refractivity contribution in [3.05, 3.63) is 76.7 Å². The van der Waals surface area contributed by atoms with Crippen LogP contribution in [0.1, 0.15) is 37.8 Å². The molecule has 7 heteroatoms. The van der Waals surface area contributed by atoms with Crippen molar-refractivity contribution < 1.29 is 14.3 Å². The molecule has 1 heterocycles. The molecule has 0 saturated carbocycles. The van der Waals surface area contributed by atoms with E-state index in [4.69, 9.17) is 4.74 Å². The molecule has 2 N–H and O–H groups in total. The maximum absolute atomic E-state index is 12.7. The van der Waals surface area contributed by atoms with Gasteiger partial charge in [-0.3, -0.25) is 4.79 Å². The van der Waals surface area contributed by atoms with E-state index in [0.717, 1.165) is 16.8 Å². The Bertz CT molecular complexity index is 1080. The van der Waals surface area contributed by atoms with Crippen LogP contribution < -0.4 is 10.6 Å². The highest BCUT2D eigenvalue weighted by Crippen LogP contribution is 2.22. The minimum Gasteiger partial charge on any atom is -0.465 e. The van der Waals surface area contributed by atoms with Crippen molar-refractivity contribution in [2.75, 3.05) is 17.7 Å². The van der Waals surface area contributed by atoms with E-state index in [0.29, 0.717) is 22.9 Å². The molecule has 29 heavy (non-hydrogen) atoms. The lowest BCUT2D eigenvalue weighted by atomic mass is 10.1. The van der Waals surface area contributed by atoms with E-state index in [1.54, 1.807) is 37.3 Å². The van der Waals surface area contributed by atoms with E-state index in [1.165, 1.54) is 7.11 Å². The maximum atomic E-state index is 12.7. The van der Waals surface area contributed by atoms with Crippen molar-refractivity contribution in [1.82, 2.24) is 9.97 Å². The van der Waals surface area contributed by atoms with Crippen molar-refractivity contribution in [3.63, 3.8) is 0 Å². The molecule has 148 valence electrons. The number of benzene rings is 2. The van der Waals surface area contributed by atoms with Crippen LogP contribution in [-0.2, 0) is 4.74 Å². The monoisotopic (exact) mass is 390 g/mol. The van der Waals surface area contributed by atoms with Gasteiger partial charge in [-0.25, -0.2) is 14.8 Å². The number of methoxy groups -OCH3 is 1. The van der Waals surface area contributed by atoms with Crippen LogP contribution in [0.3, 0.4) is 0 Å². The third-order valence-corrected chi connectivity index (χ3v) is 4.48. The number of esters is 1. The number of carbonyl (C=O) groups is 2. The zero-order valence-electron chi connectivity index (χ0n) is 16.7. The van der Waals surface area contributed by atoms with Gasteiger partial charge in [0.2, 0.25) is 0 Å². The molecule has 0 unspecified atom stereocenters. The summed E-state index contributed by atoms with van der Waals surface area (Å²) < 4.78 is 4.71. The van der Waals surface area contributed by atoms with Crippen molar-refractivity contribution in [2.45, 2.75) is 20.8 Å². The molecule has 0 aliphatic rings. The molecule has 0 fully saturated rings. The summed E-state index contributed by atoms with van der Waals surface area (Å²) in [7, 11) is 1.31. The number of carbonyl (C=O) groups excluding carboxylic acids is 2. The fourth-order valence-corrected chi connectivity index (χ4v) is 2.81. The maximum Gasteiger partial charge on any atom is 0.337 e. The molecule has 1 aromatic heterocycles. The van der Waals surface area contributed by atoms with E-state index in [-0.39, 0.29) is 5.69 Å². The van der Waals surface area contributed by atoms with Crippen molar-refractivity contribution in [1.29, 1.82) is 0 Å². The fraction of sp³-hybridized carbons (Fsp3) is 0.182.